The second-order valence-electron chi connectivity index (χ2n) is 11.1. The standard InChI is InChI=1S/C36H35N3O3/c1-25-9-12-29(13-10-25)24-39-31-6-4-5-7-33(31)42-34(36(39)41)23-28-14-16-30(17-15-28)35(40)38-20-18-37(19-21-38)32-22-26(2)8-11-27(32)3/h4-17,22-23H,18-21,24H2,1-3H3. The number of carbonyl (C=O) groups is 2. The molecule has 6 nitrogen and oxygen atoms in total. The van der Waals surface area contributed by atoms with Crippen molar-refractivity contribution in [1.82, 2.24) is 4.90 Å². The van der Waals surface area contributed by atoms with Gasteiger partial charge >= 0.3 is 0 Å². The van der Waals surface area contributed by atoms with Gasteiger partial charge in [0.15, 0.2) is 11.5 Å². The van der Waals surface area contributed by atoms with E-state index >= 15 is 0 Å². The van der Waals surface area contributed by atoms with Crippen LogP contribution in [-0.2, 0) is 11.3 Å². The largest absolute Gasteiger partial charge is 0.449 e. The van der Waals surface area contributed by atoms with Crippen LogP contribution in [0.5, 0.6) is 5.75 Å². The van der Waals surface area contributed by atoms with Gasteiger partial charge in [-0.25, -0.2) is 0 Å². The van der Waals surface area contributed by atoms with E-state index in [1.54, 1.807) is 11.0 Å². The lowest BCUT2D eigenvalue weighted by Gasteiger charge is -2.37. The molecule has 0 N–H and O–H groups in total. The maximum absolute atomic E-state index is 13.6. The zero-order valence-corrected chi connectivity index (χ0v) is 24.3. The zero-order chi connectivity index (χ0) is 29.2. The topological polar surface area (TPSA) is 53.1 Å². The number of para-hydroxylation sites is 2. The van der Waals surface area contributed by atoms with Crippen molar-refractivity contribution in [3.8, 4) is 5.75 Å². The molecule has 0 atom stereocenters. The minimum atomic E-state index is -0.198. The van der Waals surface area contributed by atoms with Gasteiger partial charge in [0.1, 0.15) is 0 Å². The van der Waals surface area contributed by atoms with Crippen LogP contribution in [-0.4, -0.2) is 42.9 Å². The fraction of sp³-hybridized carbons (Fsp3) is 0.222. The van der Waals surface area contributed by atoms with Crippen LogP contribution in [0.3, 0.4) is 0 Å². The molecule has 1 saturated heterocycles. The van der Waals surface area contributed by atoms with E-state index in [4.69, 9.17) is 4.74 Å². The number of carbonyl (C=O) groups excluding carboxylic acids is 2. The normalized spacial score (nSPS) is 15.9. The van der Waals surface area contributed by atoms with Crippen LogP contribution < -0.4 is 14.5 Å². The first-order valence-electron chi connectivity index (χ1n) is 14.4. The van der Waals surface area contributed by atoms with E-state index < -0.39 is 0 Å². The number of piperazine rings is 1. The average Bonchev–Trinajstić information content (AvgIpc) is 3.01. The predicted molar refractivity (Wildman–Crippen MR) is 168 cm³/mol. The molecule has 2 aliphatic heterocycles. The second kappa shape index (κ2) is 11.6. The smallest absolute Gasteiger partial charge is 0.294 e. The number of rotatable bonds is 5. The Kier molecular flexibility index (Phi) is 7.53. The summed E-state index contributed by atoms with van der Waals surface area (Å²) in [7, 11) is 0. The van der Waals surface area contributed by atoms with Crippen LogP contribution in [0, 0.1) is 20.8 Å². The van der Waals surface area contributed by atoms with Crippen molar-refractivity contribution >= 4 is 29.3 Å². The molecular weight excluding hydrogens is 522 g/mol. The van der Waals surface area contributed by atoms with Gasteiger partial charge in [-0.2, -0.15) is 0 Å². The molecule has 0 aliphatic carbocycles. The molecule has 42 heavy (non-hydrogen) atoms. The molecule has 0 bridgehead atoms. The van der Waals surface area contributed by atoms with E-state index in [1.165, 1.54) is 22.4 Å². The van der Waals surface area contributed by atoms with E-state index in [0.717, 1.165) is 29.9 Å². The lowest BCUT2D eigenvalue weighted by atomic mass is 10.1. The molecule has 0 aromatic heterocycles. The van der Waals surface area contributed by atoms with Crippen LogP contribution in [0.15, 0.2) is 96.8 Å². The Balaban J connectivity index is 1.15. The van der Waals surface area contributed by atoms with Crippen LogP contribution in [0.4, 0.5) is 11.4 Å². The number of nitrogens with zero attached hydrogens (tertiary/aromatic N) is 3. The molecule has 2 aliphatic rings. The van der Waals surface area contributed by atoms with Gasteiger partial charge < -0.3 is 14.5 Å². The first-order chi connectivity index (χ1) is 20.4. The summed E-state index contributed by atoms with van der Waals surface area (Å²) in [6, 6.07) is 29.7. The number of aryl methyl sites for hydroxylation is 3. The van der Waals surface area contributed by atoms with Crippen LogP contribution in [0.25, 0.3) is 6.08 Å². The molecule has 4 aromatic rings. The van der Waals surface area contributed by atoms with Crippen LogP contribution in [0.1, 0.15) is 38.2 Å². The van der Waals surface area contributed by atoms with Gasteiger partial charge in [0.2, 0.25) is 0 Å². The van der Waals surface area contributed by atoms with Crippen molar-refractivity contribution in [2.45, 2.75) is 27.3 Å². The van der Waals surface area contributed by atoms with Gasteiger partial charge in [0.05, 0.1) is 12.2 Å². The highest BCUT2D eigenvalue weighted by Crippen LogP contribution is 2.36. The number of ether oxygens (including phenoxy) is 1. The van der Waals surface area contributed by atoms with Crippen molar-refractivity contribution < 1.29 is 14.3 Å². The summed E-state index contributed by atoms with van der Waals surface area (Å²) < 4.78 is 6.06. The molecule has 0 radical (unpaired) electrons. The first kappa shape index (κ1) is 27.3. The number of anilines is 2. The number of hydrogen-bond donors (Lipinski definition) is 0. The first-order valence-corrected chi connectivity index (χ1v) is 14.4. The van der Waals surface area contributed by atoms with Crippen molar-refractivity contribution in [2.24, 2.45) is 0 Å². The zero-order valence-electron chi connectivity index (χ0n) is 24.3. The second-order valence-corrected chi connectivity index (χ2v) is 11.1. The van der Waals surface area contributed by atoms with Crippen molar-refractivity contribution in [1.29, 1.82) is 0 Å². The van der Waals surface area contributed by atoms with E-state index in [9.17, 15) is 9.59 Å². The summed E-state index contributed by atoms with van der Waals surface area (Å²) in [5.41, 5.74) is 8.15. The van der Waals surface area contributed by atoms with Crippen molar-refractivity contribution in [3.63, 3.8) is 0 Å². The summed E-state index contributed by atoms with van der Waals surface area (Å²) >= 11 is 0. The highest BCUT2D eigenvalue weighted by molar-refractivity contribution is 6.09. The Hall–Kier alpha value is -4.84. The fourth-order valence-corrected chi connectivity index (χ4v) is 5.56. The quantitative estimate of drug-likeness (QED) is 0.262. The number of fused-ring (bicyclic) bond motifs is 1. The Morgan fingerprint density at radius 2 is 1.48 bits per heavy atom. The number of amides is 2. The monoisotopic (exact) mass is 557 g/mol. The van der Waals surface area contributed by atoms with Gasteiger partial charge in [-0.15, -0.1) is 0 Å². The molecule has 1 fully saturated rings. The maximum atomic E-state index is 13.6. The van der Waals surface area contributed by atoms with Gasteiger partial charge in [-0.05, 0) is 79.4 Å². The molecule has 2 heterocycles. The molecule has 2 amide bonds. The minimum Gasteiger partial charge on any atom is -0.449 e. The molecule has 6 heteroatoms. The summed E-state index contributed by atoms with van der Waals surface area (Å²) in [5, 5.41) is 0. The molecule has 0 spiro atoms. The highest BCUT2D eigenvalue weighted by atomic mass is 16.5. The lowest BCUT2D eigenvalue weighted by molar-refractivity contribution is -0.117. The number of hydrogen-bond acceptors (Lipinski definition) is 4. The van der Waals surface area contributed by atoms with Gasteiger partial charge in [-0.1, -0.05) is 66.2 Å². The Morgan fingerprint density at radius 1 is 0.786 bits per heavy atom. The fourth-order valence-electron chi connectivity index (χ4n) is 5.56. The molecule has 212 valence electrons. The molecule has 0 saturated carbocycles. The van der Waals surface area contributed by atoms with Gasteiger partial charge in [-0.3, -0.25) is 14.5 Å². The summed E-state index contributed by atoms with van der Waals surface area (Å²) in [5.74, 6) is 0.721. The summed E-state index contributed by atoms with van der Waals surface area (Å²) in [6.45, 7) is 9.70. The molecule has 6 rings (SSSR count). The third-order valence-electron chi connectivity index (χ3n) is 8.02. The highest BCUT2D eigenvalue weighted by Gasteiger charge is 2.30. The Labute approximate surface area is 247 Å². The Morgan fingerprint density at radius 3 is 2.21 bits per heavy atom. The van der Waals surface area contributed by atoms with E-state index in [2.05, 4.69) is 49.1 Å². The Bertz CT molecular complexity index is 1650. The van der Waals surface area contributed by atoms with Gasteiger partial charge in [0.25, 0.3) is 11.8 Å². The summed E-state index contributed by atoms with van der Waals surface area (Å²) in [6.07, 6.45) is 1.75. The van der Waals surface area contributed by atoms with Crippen molar-refractivity contribution in [3.05, 3.63) is 130 Å². The average molecular weight is 558 g/mol. The third-order valence-corrected chi connectivity index (χ3v) is 8.02. The summed E-state index contributed by atoms with van der Waals surface area (Å²) in [4.78, 5) is 32.9. The molecular formula is C36H35N3O3. The van der Waals surface area contributed by atoms with Crippen molar-refractivity contribution in [2.75, 3.05) is 36.0 Å². The maximum Gasteiger partial charge on any atom is 0.294 e. The SMILES string of the molecule is Cc1ccc(CN2C(=O)C(=Cc3ccc(C(=O)N4CCN(c5cc(C)ccc5C)CC4)cc3)Oc3ccccc32)cc1. The van der Waals surface area contributed by atoms with Gasteiger partial charge in [0, 0.05) is 37.4 Å². The minimum absolute atomic E-state index is 0.0259. The number of benzene rings is 4. The van der Waals surface area contributed by atoms with E-state index in [0.29, 0.717) is 30.9 Å². The lowest BCUT2D eigenvalue weighted by Crippen LogP contribution is -2.49. The molecule has 0 unspecified atom stereocenters. The van der Waals surface area contributed by atoms with Crippen LogP contribution >= 0.6 is 0 Å². The van der Waals surface area contributed by atoms with Crippen LogP contribution in [0.2, 0.25) is 0 Å². The third kappa shape index (κ3) is 5.66. The predicted octanol–water partition coefficient (Wildman–Crippen LogP) is 6.54. The van der Waals surface area contributed by atoms with E-state index in [-0.39, 0.29) is 17.6 Å². The molecule has 4 aromatic carbocycles. The van der Waals surface area contributed by atoms with E-state index in [1.807, 2.05) is 72.5 Å².